The van der Waals surface area contributed by atoms with Crippen molar-refractivity contribution in [2.75, 3.05) is 10.6 Å². The lowest BCUT2D eigenvalue weighted by atomic mass is 10.1. The molecule has 4 aromatic heterocycles. The minimum atomic E-state index is -4.53. The van der Waals surface area contributed by atoms with Crippen molar-refractivity contribution in [2.24, 2.45) is 28.2 Å². The van der Waals surface area contributed by atoms with Gasteiger partial charge in [0.1, 0.15) is 12.2 Å². The van der Waals surface area contributed by atoms with Gasteiger partial charge in [-0.05, 0) is 61.1 Å². The molecule has 0 saturated heterocycles. The molecule has 17 nitrogen and oxygen atoms in total. The lowest BCUT2D eigenvalue weighted by Gasteiger charge is -2.17. The maximum Gasteiger partial charge on any atom is 0.508 e. The first-order valence-electron chi connectivity index (χ1n) is 20.2. The van der Waals surface area contributed by atoms with E-state index in [2.05, 4.69) is 20.6 Å². The van der Waals surface area contributed by atoms with E-state index < -0.39 is 64.3 Å². The molecule has 64 heavy (non-hydrogen) atoms. The highest BCUT2D eigenvalue weighted by molar-refractivity contribution is 5.75. The average Bonchev–Trinajstić information content (AvgIpc) is 4.03. The van der Waals surface area contributed by atoms with Crippen LogP contribution in [0.25, 0.3) is 22.3 Å². The van der Waals surface area contributed by atoms with Crippen LogP contribution in [0, 0.1) is 0 Å². The fraction of sp³-hybridized carbons (Fsp3) is 0.439. The first kappa shape index (κ1) is 43.8. The summed E-state index contributed by atoms with van der Waals surface area (Å²) in [6.45, 7) is -0.503. The Bertz CT molecular complexity index is 2820. The maximum absolute atomic E-state index is 13.6. The van der Waals surface area contributed by atoms with Gasteiger partial charge < -0.3 is 29.2 Å². The van der Waals surface area contributed by atoms with Crippen molar-refractivity contribution in [2.45, 2.75) is 88.3 Å². The molecule has 23 heteroatoms. The molecule has 2 saturated carbocycles. The Morgan fingerprint density at radius 2 is 0.953 bits per heavy atom. The van der Waals surface area contributed by atoms with Gasteiger partial charge >= 0.3 is 29.9 Å². The summed E-state index contributed by atoms with van der Waals surface area (Å²) >= 11 is 0. The summed E-state index contributed by atoms with van der Waals surface area (Å²) in [7, 11) is 6.08. The van der Waals surface area contributed by atoms with Crippen LogP contribution in [0.5, 0.6) is 0 Å². The van der Waals surface area contributed by atoms with Crippen molar-refractivity contribution in [3.8, 4) is 0 Å². The van der Waals surface area contributed by atoms with E-state index in [0.717, 1.165) is 33.4 Å². The number of alkyl halides is 6. The van der Waals surface area contributed by atoms with E-state index in [1.54, 1.807) is 14.1 Å². The highest BCUT2D eigenvalue weighted by Crippen LogP contribution is 2.32. The molecule has 2 aromatic carbocycles. The average molecular weight is 901 g/mol. The van der Waals surface area contributed by atoms with E-state index in [4.69, 9.17) is 9.47 Å². The van der Waals surface area contributed by atoms with E-state index in [1.807, 2.05) is 0 Å². The van der Waals surface area contributed by atoms with E-state index in [9.17, 15) is 50.3 Å². The van der Waals surface area contributed by atoms with Gasteiger partial charge in [-0.3, -0.25) is 27.9 Å². The number of rotatable bonds is 10. The molecule has 0 unspecified atom stereocenters. The van der Waals surface area contributed by atoms with Crippen LogP contribution in [0.2, 0.25) is 0 Å². The molecule has 2 N–H and O–H groups in total. The van der Waals surface area contributed by atoms with Crippen LogP contribution in [0.4, 0.5) is 43.0 Å². The normalized spacial score (nSPS) is 19.2. The van der Waals surface area contributed by atoms with E-state index >= 15 is 0 Å². The molecule has 6 aromatic rings. The van der Waals surface area contributed by atoms with Crippen molar-refractivity contribution in [3.05, 3.63) is 112 Å². The van der Waals surface area contributed by atoms with Crippen molar-refractivity contribution in [3.63, 3.8) is 0 Å². The lowest BCUT2D eigenvalue weighted by Crippen LogP contribution is -2.39. The summed E-state index contributed by atoms with van der Waals surface area (Å²) < 4.78 is 96.9. The Labute approximate surface area is 357 Å². The summed E-state index contributed by atoms with van der Waals surface area (Å²) in [5.74, 6) is 0.581. The number of hydrogen-bond donors (Lipinski definition) is 2. The number of aryl methyl sites for hydroxylation is 4. The van der Waals surface area contributed by atoms with Gasteiger partial charge in [-0.1, -0.05) is 24.3 Å². The number of benzene rings is 2. The summed E-state index contributed by atoms with van der Waals surface area (Å²) in [4.78, 5) is 75.5. The monoisotopic (exact) mass is 900 g/mol. The summed E-state index contributed by atoms with van der Waals surface area (Å²) in [5, 5.41) is 6.54. The van der Waals surface area contributed by atoms with Crippen LogP contribution in [-0.4, -0.2) is 67.8 Å². The van der Waals surface area contributed by atoms with Gasteiger partial charge in [0, 0.05) is 53.1 Å². The van der Waals surface area contributed by atoms with E-state index in [1.165, 1.54) is 56.6 Å². The predicted molar refractivity (Wildman–Crippen MR) is 219 cm³/mol. The van der Waals surface area contributed by atoms with Gasteiger partial charge in [-0.25, -0.2) is 14.4 Å². The van der Waals surface area contributed by atoms with Gasteiger partial charge in [-0.2, -0.15) is 36.3 Å². The third kappa shape index (κ3) is 8.37. The minimum absolute atomic E-state index is 0.107. The molecule has 2 fully saturated rings. The topological polar surface area (TPSA) is 183 Å². The fourth-order valence-electron chi connectivity index (χ4n) is 8.41. The molecule has 0 radical (unpaired) electrons. The number of anilines is 2. The molecule has 4 atom stereocenters. The molecular formula is C41H42F6N10O7. The summed E-state index contributed by atoms with van der Waals surface area (Å²) in [5.41, 5.74) is -3.31. The fourth-order valence-corrected chi connectivity index (χ4v) is 8.41. The van der Waals surface area contributed by atoms with E-state index in [0.29, 0.717) is 61.5 Å². The van der Waals surface area contributed by atoms with Crippen LogP contribution in [0.3, 0.4) is 0 Å². The van der Waals surface area contributed by atoms with Crippen LogP contribution in [0.1, 0.15) is 60.8 Å². The van der Waals surface area contributed by atoms with Gasteiger partial charge in [0.2, 0.25) is 11.9 Å². The second-order valence-corrected chi connectivity index (χ2v) is 16.2. The minimum Gasteiger partial charge on any atom is -0.431 e. The molecule has 8 rings (SSSR count). The largest absolute Gasteiger partial charge is 0.508 e. The van der Waals surface area contributed by atoms with Crippen molar-refractivity contribution >= 4 is 40.4 Å². The standard InChI is InChI=1S/C41H42F6N10O7/c1-52-29-31(54(3)37(60)56(33(29)58)19-21-5-9-23(10-6-21)40(42,43)44)50-35(52)48-25-13-15-27(17-25)63-39(62)64-28-16-14-26(18-28)49-36-51-32-30(53(36)2)34(59)57(38(61)55(32)4)20-22-7-11-24(12-8-22)41(45,46)47/h5-12,25-28H,13-20H2,1-4H3,(H,48,50)(H,49,51)/t25-,26-,27+,28+/m0/s1. The predicted octanol–water partition coefficient (Wildman–Crippen LogP) is 4.83. The number of aromatic nitrogens is 8. The Balaban J connectivity index is 0.863. The zero-order chi connectivity index (χ0) is 46.0. The number of nitrogens with one attached hydrogen (secondary N) is 2. The van der Waals surface area contributed by atoms with Gasteiger partial charge in [0.15, 0.2) is 22.3 Å². The van der Waals surface area contributed by atoms with Crippen LogP contribution in [-0.2, 0) is 63.1 Å². The first-order chi connectivity index (χ1) is 30.2. The molecule has 2 aliphatic carbocycles. The van der Waals surface area contributed by atoms with Gasteiger partial charge in [-0.15, -0.1) is 0 Å². The highest BCUT2D eigenvalue weighted by atomic mass is 19.4. The SMILES string of the molecule is Cn1c(N[C@H]2CC[C@@H](OC(=O)O[C@@H]3CC[C@H](Nc4nc5c(c(=O)n(Cc6ccc(C(F)(F)F)cc6)c(=O)n5C)n4C)C3)C2)nc2c1c(=O)n(Cc1ccc(C(F)(F)F)cc1)c(=O)n2C. The molecule has 0 amide bonds. The molecule has 0 aliphatic heterocycles. The number of ether oxygens (including phenoxy) is 2. The molecular weight excluding hydrogens is 859 g/mol. The van der Waals surface area contributed by atoms with Crippen molar-refractivity contribution in [1.82, 2.24) is 37.4 Å². The summed E-state index contributed by atoms with van der Waals surface area (Å²) in [6.07, 6.45) is -7.92. The third-order valence-corrected chi connectivity index (χ3v) is 11.9. The zero-order valence-corrected chi connectivity index (χ0v) is 34.8. The number of carbonyl (C=O) groups excluding carboxylic acids is 1. The number of nitrogens with zero attached hydrogens (tertiary/aromatic N) is 8. The second-order valence-electron chi connectivity index (χ2n) is 16.2. The van der Waals surface area contributed by atoms with Crippen molar-refractivity contribution in [1.29, 1.82) is 0 Å². The number of halogens is 6. The number of fused-ring (bicyclic) bond motifs is 2. The number of hydrogen-bond acceptors (Lipinski definition) is 11. The Morgan fingerprint density at radius 1 is 0.594 bits per heavy atom. The van der Waals surface area contributed by atoms with E-state index in [-0.39, 0.29) is 47.5 Å². The number of carbonyl (C=O) groups is 1. The molecule has 340 valence electrons. The Kier molecular flexibility index (Phi) is 11.2. The van der Waals surface area contributed by atoms with Crippen LogP contribution < -0.4 is 33.1 Å². The van der Waals surface area contributed by atoms with Crippen LogP contribution in [0.15, 0.2) is 67.7 Å². The van der Waals surface area contributed by atoms with Crippen LogP contribution >= 0.6 is 0 Å². The summed E-state index contributed by atoms with van der Waals surface area (Å²) in [6, 6.07) is 7.97. The highest BCUT2D eigenvalue weighted by Gasteiger charge is 2.34. The Morgan fingerprint density at radius 3 is 1.30 bits per heavy atom. The molecule has 4 heterocycles. The maximum atomic E-state index is 13.6. The van der Waals surface area contributed by atoms with Gasteiger partial charge in [0.05, 0.1) is 24.2 Å². The van der Waals surface area contributed by atoms with Crippen molar-refractivity contribution < 1.29 is 40.6 Å². The smallest absolute Gasteiger partial charge is 0.431 e. The lowest BCUT2D eigenvalue weighted by molar-refractivity contribution is -0.138. The Hall–Kier alpha value is -6.81. The quantitative estimate of drug-likeness (QED) is 0.142. The van der Waals surface area contributed by atoms with Gasteiger partial charge in [0.25, 0.3) is 11.1 Å². The third-order valence-electron chi connectivity index (χ3n) is 11.9. The first-order valence-corrected chi connectivity index (χ1v) is 20.2. The zero-order valence-electron chi connectivity index (χ0n) is 34.8. The molecule has 2 aliphatic rings. The molecule has 0 spiro atoms. The molecule has 0 bridgehead atoms. The number of imidazole rings is 2. The second kappa shape index (κ2) is 16.4.